The van der Waals surface area contributed by atoms with Crippen molar-refractivity contribution in [1.82, 2.24) is 5.32 Å². The summed E-state index contributed by atoms with van der Waals surface area (Å²) < 4.78 is 0. The molecule has 3 N–H and O–H groups in total. The lowest BCUT2D eigenvalue weighted by molar-refractivity contribution is -0.122. The van der Waals surface area contributed by atoms with E-state index in [1.807, 2.05) is 18.2 Å². The Balaban J connectivity index is 0.00000144. The van der Waals surface area contributed by atoms with Crippen molar-refractivity contribution in [3.8, 4) is 0 Å². The van der Waals surface area contributed by atoms with Crippen LogP contribution >= 0.6 is 12.4 Å². The van der Waals surface area contributed by atoms with Gasteiger partial charge in [-0.3, -0.25) is 4.79 Å². The van der Waals surface area contributed by atoms with Crippen molar-refractivity contribution in [3.05, 3.63) is 35.9 Å². The highest BCUT2D eigenvalue weighted by molar-refractivity contribution is 5.85. The van der Waals surface area contributed by atoms with E-state index in [1.165, 1.54) is 18.4 Å². The molecule has 0 heterocycles. The van der Waals surface area contributed by atoms with Gasteiger partial charge in [0.15, 0.2) is 0 Å². The average molecular weight is 255 g/mol. The number of amides is 1. The third kappa shape index (κ3) is 3.72. The van der Waals surface area contributed by atoms with Crippen molar-refractivity contribution >= 4 is 18.3 Å². The zero-order chi connectivity index (χ0) is 11.5. The van der Waals surface area contributed by atoms with Gasteiger partial charge in [0.05, 0.1) is 12.1 Å². The number of halogens is 1. The fraction of sp³-hybridized carbons (Fsp3) is 0.462. The van der Waals surface area contributed by atoms with Gasteiger partial charge < -0.3 is 11.1 Å². The Labute approximate surface area is 108 Å². The molecule has 1 saturated carbocycles. The fourth-order valence-electron chi connectivity index (χ4n) is 1.85. The molecule has 0 radical (unpaired) electrons. The largest absolute Gasteiger partial charge is 0.348 e. The van der Waals surface area contributed by atoms with Gasteiger partial charge in [0.2, 0.25) is 5.91 Å². The molecule has 1 unspecified atom stereocenters. The smallest absolute Gasteiger partial charge is 0.237 e. The zero-order valence-corrected chi connectivity index (χ0v) is 10.7. The van der Waals surface area contributed by atoms with Crippen molar-refractivity contribution in [3.63, 3.8) is 0 Å². The molecule has 0 saturated heterocycles. The minimum atomic E-state index is -0.440. The first-order valence-corrected chi connectivity index (χ1v) is 5.79. The van der Waals surface area contributed by atoms with Gasteiger partial charge in [0, 0.05) is 0 Å². The number of hydrogen-bond acceptors (Lipinski definition) is 2. The standard InChI is InChI=1S/C13H18N2O.ClH/c1-9(14)13(16)15-12(11-7-8-11)10-5-3-2-4-6-10;/h2-6,9,11-12H,7-8,14H2,1H3,(H,15,16);1H/t9-,12?;/m0./s1. The van der Waals surface area contributed by atoms with Gasteiger partial charge in [-0.2, -0.15) is 0 Å². The highest BCUT2D eigenvalue weighted by atomic mass is 35.5. The molecule has 3 nitrogen and oxygen atoms in total. The van der Waals surface area contributed by atoms with E-state index in [0.29, 0.717) is 5.92 Å². The Morgan fingerprint density at radius 1 is 1.35 bits per heavy atom. The maximum atomic E-state index is 11.6. The van der Waals surface area contributed by atoms with E-state index in [4.69, 9.17) is 5.73 Å². The molecule has 94 valence electrons. The normalized spacial score (nSPS) is 17.8. The van der Waals surface area contributed by atoms with Gasteiger partial charge in [0.1, 0.15) is 0 Å². The lowest BCUT2D eigenvalue weighted by Gasteiger charge is -2.20. The van der Waals surface area contributed by atoms with Crippen LogP contribution in [-0.2, 0) is 4.79 Å². The van der Waals surface area contributed by atoms with Gasteiger partial charge in [-0.15, -0.1) is 12.4 Å². The second kappa shape index (κ2) is 6.03. The summed E-state index contributed by atoms with van der Waals surface area (Å²) in [6, 6.07) is 9.81. The Hall–Kier alpha value is -1.06. The summed E-state index contributed by atoms with van der Waals surface area (Å²) >= 11 is 0. The summed E-state index contributed by atoms with van der Waals surface area (Å²) in [5.74, 6) is 0.519. The highest BCUT2D eigenvalue weighted by Crippen LogP contribution is 2.40. The maximum absolute atomic E-state index is 11.6. The Morgan fingerprint density at radius 2 is 1.94 bits per heavy atom. The molecule has 0 aromatic heterocycles. The van der Waals surface area contributed by atoms with Gasteiger partial charge in [-0.1, -0.05) is 30.3 Å². The number of nitrogens with one attached hydrogen (secondary N) is 1. The van der Waals surface area contributed by atoms with Gasteiger partial charge in [-0.25, -0.2) is 0 Å². The lowest BCUT2D eigenvalue weighted by Crippen LogP contribution is -2.40. The van der Waals surface area contributed by atoms with E-state index in [0.717, 1.165) is 0 Å². The summed E-state index contributed by atoms with van der Waals surface area (Å²) in [7, 11) is 0. The lowest BCUT2D eigenvalue weighted by atomic mass is 10.0. The molecule has 2 atom stereocenters. The molecule has 0 bridgehead atoms. The van der Waals surface area contributed by atoms with E-state index >= 15 is 0 Å². The SMILES string of the molecule is C[C@H](N)C(=O)NC(c1ccccc1)C1CC1.Cl. The molecule has 4 heteroatoms. The fourth-order valence-corrected chi connectivity index (χ4v) is 1.85. The van der Waals surface area contributed by atoms with Crippen LogP contribution in [0.1, 0.15) is 31.4 Å². The average Bonchev–Trinajstić information content (AvgIpc) is 3.10. The zero-order valence-electron chi connectivity index (χ0n) is 9.93. The van der Waals surface area contributed by atoms with Crippen molar-refractivity contribution in [2.24, 2.45) is 11.7 Å². The Bertz CT molecular complexity index is 363. The molecular weight excluding hydrogens is 236 g/mol. The predicted octanol–water partition coefficient (Wildman–Crippen LogP) is 2.02. The number of nitrogens with two attached hydrogens (primary N) is 1. The van der Waals surface area contributed by atoms with E-state index in [-0.39, 0.29) is 24.4 Å². The van der Waals surface area contributed by atoms with Crippen LogP contribution in [0.3, 0.4) is 0 Å². The van der Waals surface area contributed by atoms with E-state index in [9.17, 15) is 4.79 Å². The second-order valence-corrected chi connectivity index (χ2v) is 4.52. The third-order valence-electron chi connectivity index (χ3n) is 2.96. The number of hydrogen-bond donors (Lipinski definition) is 2. The van der Waals surface area contributed by atoms with Crippen LogP contribution in [-0.4, -0.2) is 11.9 Å². The molecular formula is C13H19ClN2O. The Morgan fingerprint density at radius 3 is 2.41 bits per heavy atom. The molecule has 1 amide bonds. The molecule has 0 aliphatic heterocycles. The summed E-state index contributed by atoms with van der Waals surface area (Å²) in [4.78, 5) is 11.6. The van der Waals surface area contributed by atoms with Crippen molar-refractivity contribution in [2.75, 3.05) is 0 Å². The van der Waals surface area contributed by atoms with Gasteiger partial charge in [0.25, 0.3) is 0 Å². The molecule has 1 aliphatic rings. The van der Waals surface area contributed by atoms with Crippen LogP contribution in [0.25, 0.3) is 0 Å². The quantitative estimate of drug-likeness (QED) is 0.864. The van der Waals surface area contributed by atoms with Gasteiger partial charge >= 0.3 is 0 Å². The Kier molecular flexibility index (Phi) is 4.97. The predicted molar refractivity (Wildman–Crippen MR) is 70.9 cm³/mol. The van der Waals surface area contributed by atoms with E-state index < -0.39 is 6.04 Å². The topological polar surface area (TPSA) is 55.1 Å². The summed E-state index contributed by atoms with van der Waals surface area (Å²) in [6.07, 6.45) is 2.39. The molecule has 1 fully saturated rings. The van der Waals surface area contributed by atoms with E-state index in [2.05, 4.69) is 17.4 Å². The molecule has 1 aromatic rings. The van der Waals surface area contributed by atoms with Crippen LogP contribution in [0.2, 0.25) is 0 Å². The number of carbonyl (C=O) groups excluding carboxylic acids is 1. The van der Waals surface area contributed by atoms with Gasteiger partial charge in [-0.05, 0) is 31.2 Å². The van der Waals surface area contributed by atoms with Crippen LogP contribution in [0.5, 0.6) is 0 Å². The first kappa shape index (κ1) is 14.0. The van der Waals surface area contributed by atoms with Crippen molar-refractivity contribution < 1.29 is 4.79 Å². The van der Waals surface area contributed by atoms with Crippen LogP contribution in [0.15, 0.2) is 30.3 Å². The van der Waals surface area contributed by atoms with Crippen LogP contribution < -0.4 is 11.1 Å². The monoisotopic (exact) mass is 254 g/mol. The summed E-state index contributed by atoms with van der Waals surface area (Å²) in [5.41, 5.74) is 6.75. The molecule has 2 rings (SSSR count). The number of rotatable bonds is 4. The molecule has 1 aliphatic carbocycles. The summed E-state index contributed by atoms with van der Waals surface area (Å²) in [6.45, 7) is 1.71. The van der Waals surface area contributed by atoms with Crippen molar-refractivity contribution in [2.45, 2.75) is 31.8 Å². The maximum Gasteiger partial charge on any atom is 0.237 e. The molecule has 0 spiro atoms. The van der Waals surface area contributed by atoms with Crippen LogP contribution in [0, 0.1) is 5.92 Å². The highest BCUT2D eigenvalue weighted by Gasteiger charge is 2.33. The minimum Gasteiger partial charge on any atom is -0.348 e. The number of benzene rings is 1. The van der Waals surface area contributed by atoms with Crippen molar-refractivity contribution in [1.29, 1.82) is 0 Å². The van der Waals surface area contributed by atoms with E-state index in [1.54, 1.807) is 6.92 Å². The number of carbonyl (C=O) groups is 1. The first-order chi connectivity index (χ1) is 7.68. The third-order valence-corrected chi connectivity index (χ3v) is 2.96. The molecule has 17 heavy (non-hydrogen) atoms. The van der Waals surface area contributed by atoms with Crippen LogP contribution in [0.4, 0.5) is 0 Å². The molecule has 1 aromatic carbocycles. The summed E-state index contributed by atoms with van der Waals surface area (Å²) in [5, 5.41) is 3.03. The second-order valence-electron chi connectivity index (χ2n) is 4.52. The first-order valence-electron chi connectivity index (χ1n) is 5.79. The minimum absolute atomic E-state index is 0.